The van der Waals surface area contributed by atoms with E-state index in [2.05, 4.69) is 55.4 Å². The molecule has 1 atom stereocenters. The molecule has 0 radical (unpaired) electrons. The molecule has 2 aliphatic rings. The largest absolute Gasteiger partial charge is 0.366 e. The van der Waals surface area contributed by atoms with Gasteiger partial charge in [0, 0.05) is 17.8 Å². The van der Waals surface area contributed by atoms with Gasteiger partial charge < -0.3 is 15.5 Å². The van der Waals surface area contributed by atoms with Crippen LogP contribution in [0.2, 0.25) is 0 Å². The summed E-state index contributed by atoms with van der Waals surface area (Å²) in [6.45, 7) is 9.21. The second-order valence-corrected chi connectivity index (χ2v) is 9.39. The van der Waals surface area contributed by atoms with Crippen LogP contribution >= 0.6 is 0 Å². The molecule has 0 bridgehead atoms. The van der Waals surface area contributed by atoms with Gasteiger partial charge in [-0.1, -0.05) is 25.1 Å². The van der Waals surface area contributed by atoms with E-state index in [0.29, 0.717) is 5.92 Å². The van der Waals surface area contributed by atoms with Crippen molar-refractivity contribution >= 4 is 35.3 Å². The lowest BCUT2D eigenvalue weighted by Gasteiger charge is -2.47. The average Bonchev–Trinajstić information content (AvgIpc) is 3.02. The molecule has 1 fully saturated rings. The Kier molecular flexibility index (Phi) is 6.17. The predicted octanol–water partition coefficient (Wildman–Crippen LogP) is 4.47. The number of hydrogen-bond donors (Lipinski definition) is 2. The quantitative estimate of drug-likeness (QED) is 0.505. The molecule has 2 aromatic rings. The molecule has 0 aromatic heterocycles. The SMILES string of the molecule is CCN1c2ccc(/C=C3/NC(=O)N(CC(=O)Nc4ccccc4F)C3=O)cc2C(C)CC1(C)C. The molecule has 178 valence electrons. The zero-order valence-electron chi connectivity index (χ0n) is 19.8. The topological polar surface area (TPSA) is 81.8 Å². The Morgan fingerprint density at radius 2 is 1.97 bits per heavy atom. The molecule has 34 heavy (non-hydrogen) atoms. The molecule has 0 spiro atoms. The molecule has 4 rings (SSSR count). The van der Waals surface area contributed by atoms with Gasteiger partial charge in [-0.15, -0.1) is 0 Å². The summed E-state index contributed by atoms with van der Waals surface area (Å²) in [6, 6.07) is 11.0. The molecule has 0 saturated carbocycles. The first-order chi connectivity index (χ1) is 16.1. The van der Waals surface area contributed by atoms with Gasteiger partial charge in [-0.25, -0.2) is 14.1 Å². The Hall–Kier alpha value is -3.68. The smallest absolute Gasteiger partial charge is 0.329 e. The normalized spacial score (nSPS) is 20.4. The van der Waals surface area contributed by atoms with Gasteiger partial charge in [-0.2, -0.15) is 0 Å². The minimum absolute atomic E-state index is 0.0113. The van der Waals surface area contributed by atoms with Crippen LogP contribution in [0.15, 0.2) is 48.2 Å². The van der Waals surface area contributed by atoms with E-state index in [1.807, 2.05) is 6.07 Å². The minimum Gasteiger partial charge on any atom is -0.366 e. The summed E-state index contributed by atoms with van der Waals surface area (Å²) in [7, 11) is 0. The van der Waals surface area contributed by atoms with Gasteiger partial charge in [0.25, 0.3) is 5.91 Å². The summed E-state index contributed by atoms with van der Waals surface area (Å²) < 4.78 is 13.8. The summed E-state index contributed by atoms with van der Waals surface area (Å²) in [6.07, 6.45) is 2.63. The molecule has 1 unspecified atom stereocenters. The Morgan fingerprint density at radius 1 is 1.24 bits per heavy atom. The number of benzene rings is 2. The Labute approximate surface area is 198 Å². The van der Waals surface area contributed by atoms with Crippen LogP contribution in [-0.4, -0.2) is 41.4 Å². The lowest BCUT2D eigenvalue weighted by molar-refractivity contribution is -0.127. The highest BCUT2D eigenvalue weighted by Crippen LogP contribution is 2.43. The number of carbonyl (C=O) groups excluding carboxylic acids is 3. The molecular formula is C26H29FN4O3. The molecule has 2 N–H and O–H groups in total. The molecule has 1 saturated heterocycles. The summed E-state index contributed by atoms with van der Waals surface area (Å²) >= 11 is 0. The third kappa shape index (κ3) is 4.40. The number of nitrogens with one attached hydrogen (secondary N) is 2. The van der Waals surface area contributed by atoms with E-state index in [1.165, 1.54) is 29.4 Å². The van der Waals surface area contributed by atoms with Crippen LogP contribution in [0.3, 0.4) is 0 Å². The van der Waals surface area contributed by atoms with Gasteiger partial charge in [0.05, 0.1) is 5.69 Å². The fourth-order valence-electron chi connectivity index (χ4n) is 4.97. The number of rotatable bonds is 5. The van der Waals surface area contributed by atoms with Crippen LogP contribution in [0, 0.1) is 5.82 Å². The monoisotopic (exact) mass is 464 g/mol. The number of nitrogens with zero attached hydrogens (tertiary/aromatic N) is 2. The van der Waals surface area contributed by atoms with Gasteiger partial charge in [0.1, 0.15) is 18.1 Å². The average molecular weight is 465 g/mol. The van der Waals surface area contributed by atoms with Crippen molar-refractivity contribution < 1.29 is 18.8 Å². The number of carbonyl (C=O) groups is 3. The third-order valence-electron chi connectivity index (χ3n) is 6.45. The van der Waals surface area contributed by atoms with Crippen molar-refractivity contribution in [2.75, 3.05) is 23.3 Å². The second-order valence-electron chi connectivity index (χ2n) is 9.39. The second kappa shape index (κ2) is 8.93. The number of urea groups is 1. The molecule has 7 nitrogen and oxygen atoms in total. The van der Waals surface area contributed by atoms with Crippen molar-refractivity contribution in [3.8, 4) is 0 Å². The predicted molar refractivity (Wildman–Crippen MR) is 130 cm³/mol. The maximum atomic E-state index is 13.8. The van der Waals surface area contributed by atoms with Crippen LogP contribution in [-0.2, 0) is 9.59 Å². The minimum atomic E-state index is -0.690. The highest BCUT2D eigenvalue weighted by Gasteiger charge is 2.37. The van der Waals surface area contributed by atoms with Crippen LogP contribution in [0.25, 0.3) is 6.08 Å². The first-order valence-electron chi connectivity index (χ1n) is 11.4. The van der Waals surface area contributed by atoms with Crippen LogP contribution in [0.5, 0.6) is 0 Å². The van der Waals surface area contributed by atoms with Crippen LogP contribution in [0.1, 0.15) is 51.2 Å². The highest BCUT2D eigenvalue weighted by atomic mass is 19.1. The van der Waals surface area contributed by atoms with E-state index in [0.717, 1.165) is 23.4 Å². The van der Waals surface area contributed by atoms with Crippen molar-refractivity contribution in [1.29, 1.82) is 0 Å². The van der Waals surface area contributed by atoms with Crippen molar-refractivity contribution in [2.45, 2.75) is 45.6 Å². The Bertz CT molecular complexity index is 1190. The number of hydrogen-bond acceptors (Lipinski definition) is 4. The van der Waals surface area contributed by atoms with E-state index in [9.17, 15) is 18.8 Å². The van der Waals surface area contributed by atoms with E-state index in [-0.39, 0.29) is 16.9 Å². The molecule has 2 aromatic carbocycles. The fourth-order valence-corrected chi connectivity index (χ4v) is 4.97. The van der Waals surface area contributed by atoms with Gasteiger partial charge >= 0.3 is 6.03 Å². The molecule has 2 aliphatic heterocycles. The molecule has 2 heterocycles. The number of imide groups is 1. The Morgan fingerprint density at radius 3 is 2.68 bits per heavy atom. The molecule has 0 aliphatic carbocycles. The number of halogens is 1. The van der Waals surface area contributed by atoms with Crippen molar-refractivity contribution in [2.24, 2.45) is 0 Å². The molecule has 4 amide bonds. The van der Waals surface area contributed by atoms with Crippen molar-refractivity contribution in [1.82, 2.24) is 10.2 Å². The van der Waals surface area contributed by atoms with Crippen molar-refractivity contribution in [3.05, 3.63) is 65.1 Å². The lowest BCUT2D eigenvalue weighted by atomic mass is 9.79. The molecular weight excluding hydrogens is 435 g/mol. The maximum absolute atomic E-state index is 13.8. The number of anilines is 2. The summed E-state index contributed by atoms with van der Waals surface area (Å²) in [5.74, 6) is -1.52. The van der Waals surface area contributed by atoms with Gasteiger partial charge in [-0.3, -0.25) is 9.59 Å². The first kappa shape index (κ1) is 23.5. The zero-order chi connectivity index (χ0) is 24.6. The lowest BCUT2D eigenvalue weighted by Crippen LogP contribution is -2.48. The number of para-hydroxylation sites is 1. The first-order valence-corrected chi connectivity index (χ1v) is 11.4. The fraction of sp³-hybridized carbons (Fsp3) is 0.346. The summed E-state index contributed by atoms with van der Waals surface area (Å²) in [5, 5.41) is 4.93. The zero-order valence-corrected chi connectivity index (χ0v) is 19.8. The third-order valence-corrected chi connectivity index (χ3v) is 6.45. The maximum Gasteiger partial charge on any atom is 0.329 e. The van der Waals surface area contributed by atoms with Gasteiger partial charge in [-0.05, 0) is 74.6 Å². The van der Waals surface area contributed by atoms with E-state index >= 15 is 0 Å². The summed E-state index contributed by atoms with van der Waals surface area (Å²) in [4.78, 5) is 40.7. The van der Waals surface area contributed by atoms with Crippen molar-refractivity contribution in [3.63, 3.8) is 0 Å². The summed E-state index contributed by atoms with van der Waals surface area (Å²) in [5.41, 5.74) is 3.32. The van der Waals surface area contributed by atoms with Gasteiger partial charge in [0.2, 0.25) is 5.91 Å². The van der Waals surface area contributed by atoms with E-state index in [4.69, 9.17) is 0 Å². The molecule has 8 heteroatoms. The standard InChI is InChI=1S/C26H29FN4O3/c1-5-31-22-11-10-17(12-18(22)16(2)14-26(31,3)4)13-21-24(33)30(25(34)29-21)15-23(32)28-20-9-7-6-8-19(20)27/h6-13,16H,5,14-15H2,1-4H3,(H,28,32)(H,29,34)/b21-13+. The number of fused-ring (bicyclic) bond motifs is 1. The Balaban J connectivity index is 1.52. The number of amides is 4. The van der Waals surface area contributed by atoms with E-state index in [1.54, 1.807) is 12.1 Å². The van der Waals surface area contributed by atoms with Gasteiger partial charge in [0.15, 0.2) is 0 Å². The van der Waals surface area contributed by atoms with Crippen LogP contribution in [0.4, 0.5) is 20.6 Å². The highest BCUT2D eigenvalue weighted by molar-refractivity contribution is 6.16. The van der Waals surface area contributed by atoms with E-state index < -0.39 is 30.2 Å². The van der Waals surface area contributed by atoms with Crippen LogP contribution < -0.4 is 15.5 Å².